The van der Waals surface area contributed by atoms with Gasteiger partial charge < -0.3 is 9.47 Å². The molecule has 0 aliphatic heterocycles. The summed E-state index contributed by atoms with van der Waals surface area (Å²) in [7, 11) is 1.78. The van der Waals surface area contributed by atoms with Crippen molar-refractivity contribution in [2.24, 2.45) is 7.05 Å². The lowest BCUT2D eigenvalue weighted by Crippen LogP contribution is -2.33. The maximum absolute atomic E-state index is 13.4. The van der Waals surface area contributed by atoms with Gasteiger partial charge in [-0.05, 0) is 31.0 Å². The zero-order valence-electron chi connectivity index (χ0n) is 12.8. The van der Waals surface area contributed by atoms with E-state index in [2.05, 4.69) is 4.98 Å². The molecule has 0 radical (unpaired) electrons. The van der Waals surface area contributed by atoms with Gasteiger partial charge in [0.15, 0.2) is 0 Å². The van der Waals surface area contributed by atoms with Crippen molar-refractivity contribution in [3.63, 3.8) is 0 Å². The number of aryl methyl sites for hydroxylation is 1. The molecule has 0 spiro atoms. The van der Waals surface area contributed by atoms with Gasteiger partial charge in [-0.15, -0.1) is 0 Å². The molecular formula is C16H15F4N3O. The van der Waals surface area contributed by atoms with Crippen LogP contribution in [-0.4, -0.2) is 26.4 Å². The smallest absolute Gasteiger partial charge is 0.337 e. The minimum Gasteiger partial charge on any atom is -0.337 e. The van der Waals surface area contributed by atoms with Crippen molar-refractivity contribution >= 4 is 5.91 Å². The lowest BCUT2D eigenvalue weighted by Gasteiger charge is -2.22. The molecule has 3 rings (SSSR count). The summed E-state index contributed by atoms with van der Waals surface area (Å²) in [5.41, 5.74) is -1.61. The van der Waals surface area contributed by atoms with E-state index in [0.717, 1.165) is 18.9 Å². The fourth-order valence-corrected chi connectivity index (χ4v) is 2.50. The third-order valence-corrected chi connectivity index (χ3v) is 4.00. The van der Waals surface area contributed by atoms with Gasteiger partial charge in [-0.1, -0.05) is 0 Å². The fourth-order valence-electron chi connectivity index (χ4n) is 2.50. The molecule has 1 aliphatic rings. The number of imidazole rings is 1. The van der Waals surface area contributed by atoms with E-state index in [-0.39, 0.29) is 18.2 Å². The topological polar surface area (TPSA) is 38.1 Å². The molecule has 1 heterocycles. The van der Waals surface area contributed by atoms with E-state index in [0.29, 0.717) is 18.0 Å². The van der Waals surface area contributed by atoms with Gasteiger partial charge in [-0.2, -0.15) is 13.2 Å². The number of nitrogens with zero attached hydrogens (tertiary/aromatic N) is 3. The Morgan fingerprint density at radius 2 is 2.08 bits per heavy atom. The standard InChI is InChI=1S/C16H15F4N3O/c1-22-7-6-21-14(22)9-23(11-3-4-11)15(24)10-2-5-13(17)12(8-10)16(18,19)20/h2,5-8,11H,3-4,9H2,1H3. The molecular weight excluding hydrogens is 326 g/mol. The monoisotopic (exact) mass is 341 g/mol. The largest absolute Gasteiger partial charge is 0.419 e. The van der Waals surface area contributed by atoms with Crippen molar-refractivity contribution < 1.29 is 22.4 Å². The average molecular weight is 341 g/mol. The highest BCUT2D eigenvalue weighted by molar-refractivity contribution is 5.94. The highest BCUT2D eigenvalue weighted by Crippen LogP contribution is 2.34. The summed E-state index contributed by atoms with van der Waals surface area (Å²) in [6.45, 7) is 0.200. The number of hydrogen-bond acceptors (Lipinski definition) is 2. The van der Waals surface area contributed by atoms with Crippen LogP contribution in [0.25, 0.3) is 0 Å². The third kappa shape index (κ3) is 3.27. The summed E-state index contributed by atoms with van der Waals surface area (Å²) >= 11 is 0. The van der Waals surface area contributed by atoms with E-state index in [1.807, 2.05) is 0 Å². The van der Waals surface area contributed by atoms with Crippen molar-refractivity contribution in [2.45, 2.75) is 31.6 Å². The highest BCUT2D eigenvalue weighted by Gasteiger charge is 2.37. The maximum atomic E-state index is 13.4. The normalized spacial score (nSPS) is 14.7. The van der Waals surface area contributed by atoms with E-state index >= 15 is 0 Å². The maximum Gasteiger partial charge on any atom is 0.419 e. The molecule has 0 atom stereocenters. The van der Waals surface area contributed by atoms with Crippen LogP contribution in [0.2, 0.25) is 0 Å². The molecule has 1 saturated carbocycles. The van der Waals surface area contributed by atoms with E-state index < -0.39 is 23.5 Å². The first kappa shape index (κ1) is 16.5. The van der Waals surface area contributed by atoms with Gasteiger partial charge in [0.1, 0.15) is 11.6 Å². The number of carbonyl (C=O) groups is 1. The molecule has 8 heteroatoms. The highest BCUT2D eigenvalue weighted by atomic mass is 19.4. The second-order valence-corrected chi connectivity index (χ2v) is 5.81. The first-order valence-corrected chi connectivity index (χ1v) is 7.41. The lowest BCUT2D eigenvalue weighted by molar-refractivity contribution is -0.140. The number of aromatic nitrogens is 2. The summed E-state index contributed by atoms with van der Waals surface area (Å²) in [6, 6.07) is 2.32. The summed E-state index contributed by atoms with van der Waals surface area (Å²) in [5.74, 6) is -1.31. The number of hydrogen-bond donors (Lipinski definition) is 0. The molecule has 0 saturated heterocycles. The number of benzene rings is 1. The van der Waals surface area contributed by atoms with Crippen LogP contribution in [0.15, 0.2) is 30.6 Å². The molecule has 0 N–H and O–H groups in total. The first-order valence-electron chi connectivity index (χ1n) is 7.41. The Morgan fingerprint density at radius 3 is 2.62 bits per heavy atom. The van der Waals surface area contributed by atoms with Crippen molar-refractivity contribution in [2.75, 3.05) is 0 Å². The summed E-state index contributed by atoms with van der Waals surface area (Å²) < 4.78 is 53.7. The molecule has 0 unspecified atom stereocenters. The molecule has 1 fully saturated rings. The van der Waals surface area contributed by atoms with Crippen LogP contribution in [0.3, 0.4) is 0 Å². The van der Waals surface area contributed by atoms with Crippen LogP contribution in [0, 0.1) is 5.82 Å². The number of halogens is 4. The van der Waals surface area contributed by atoms with Crippen LogP contribution in [0.4, 0.5) is 17.6 Å². The Balaban J connectivity index is 1.90. The van der Waals surface area contributed by atoms with Crippen molar-refractivity contribution in [1.29, 1.82) is 0 Å². The molecule has 2 aromatic rings. The summed E-state index contributed by atoms with van der Waals surface area (Å²) in [4.78, 5) is 18.3. The number of carbonyl (C=O) groups excluding carboxylic acids is 1. The zero-order valence-corrected chi connectivity index (χ0v) is 12.8. The third-order valence-electron chi connectivity index (χ3n) is 4.00. The van der Waals surface area contributed by atoms with Gasteiger partial charge >= 0.3 is 6.18 Å². The molecule has 1 aromatic carbocycles. The molecule has 4 nitrogen and oxygen atoms in total. The summed E-state index contributed by atoms with van der Waals surface area (Å²) in [6.07, 6.45) is 0.0620. The quantitative estimate of drug-likeness (QED) is 0.800. The van der Waals surface area contributed by atoms with Crippen LogP contribution in [0.5, 0.6) is 0 Å². The van der Waals surface area contributed by atoms with Gasteiger partial charge in [0, 0.05) is 31.0 Å². The Bertz CT molecular complexity index is 765. The second-order valence-electron chi connectivity index (χ2n) is 5.81. The average Bonchev–Trinajstić information content (AvgIpc) is 3.27. The Hall–Kier alpha value is -2.38. The molecule has 128 valence electrons. The molecule has 1 amide bonds. The van der Waals surface area contributed by atoms with Crippen molar-refractivity contribution in [3.8, 4) is 0 Å². The Morgan fingerprint density at radius 1 is 1.38 bits per heavy atom. The number of rotatable bonds is 4. The van der Waals surface area contributed by atoms with E-state index in [9.17, 15) is 22.4 Å². The van der Waals surface area contributed by atoms with Gasteiger partial charge in [0.2, 0.25) is 0 Å². The predicted molar refractivity (Wildman–Crippen MR) is 77.5 cm³/mol. The van der Waals surface area contributed by atoms with E-state index in [4.69, 9.17) is 0 Å². The molecule has 24 heavy (non-hydrogen) atoms. The molecule has 1 aliphatic carbocycles. The Kier molecular flexibility index (Phi) is 4.06. The van der Waals surface area contributed by atoms with Crippen molar-refractivity contribution in [1.82, 2.24) is 14.5 Å². The van der Waals surface area contributed by atoms with Crippen LogP contribution in [0.1, 0.15) is 34.6 Å². The predicted octanol–water partition coefficient (Wildman–Crippen LogP) is 3.38. The van der Waals surface area contributed by atoms with E-state index in [1.54, 1.807) is 24.0 Å². The first-order chi connectivity index (χ1) is 11.3. The van der Waals surface area contributed by atoms with Gasteiger partial charge in [-0.25, -0.2) is 9.37 Å². The van der Waals surface area contributed by atoms with E-state index in [1.165, 1.54) is 4.90 Å². The summed E-state index contributed by atoms with van der Waals surface area (Å²) in [5, 5.41) is 0. The molecule has 0 bridgehead atoms. The number of amides is 1. The second kappa shape index (κ2) is 5.92. The van der Waals surface area contributed by atoms with Crippen LogP contribution in [-0.2, 0) is 19.8 Å². The van der Waals surface area contributed by atoms with Gasteiger partial charge in [0.05, 0.1) is 12.1 Å². The zero-order chi connectivity index (χ0) is 17.5. The SMILES string of the molecule is Cn1ccnc1CN(C(=O)c1ccc(F)c(C(F)(F)F)c1)C1CC1. The van der Waals surface area contributed by atoms with Crippen LogP contribution < -0.4 is 0 Å². The fraction of sp³-hybridized carbons (Fsp3) is 0.375. The lowest BCUT2D eigenvalue weighted by atomic mass is 10.1. The van der Waals surface area contributed by atoms with Crippen LogP contribution >= 0.6 is 0 Å². The van der Waals surface area contributed by atoms with Gasteiger partial charge in [0.25, 0.3) is 5.91 Å². The number of alkyl halides is 3. The minimum atomic E-state index is -4.84. The van der Waals surface area contributed by atoms with Gasteiger partial charge in [-0.3, -0.25) is 4.79 Å². The molecule has 1 aromatic heterocycles. The van der Waals surface area contributed by atoms with Crippen molar-refractivity contribution in [3.05, 3.63) is 53.4 Å². The Labute approximate surface area is 135 Å². The minimum absolute atomic E-state index is 0.0198.